The number of aromatic nitrogens is 2. The molecule has 2 heterocycles. The lowest BCUT2D eigenvalue weighted by molar-refractivity contribution is 0.174. The number of fused-ring (bicyclic) bond motifs is 2. The van der Waals surface area contributed by atoms with Crippen LogP contribution in [0.25, 0.3) is 23.1 Å². The van der Waals surface area contributed by atoms with Crippen molar-refractivity contribution in [1.29, 1.82) is 0 Å². The van der Waals surface area contributed by atoms with E-state index in [0.717, 1.165) is 22.6 Å². The molecule has 0 bridgehead atoms. The quantitative estimate of drug-likeness (QED) is 0.527. The summed E-state index contributed by atoms with van der Waals surface area (Å²) in [6, 6.07) is 23.1. The van der Waals surface area contributed by atoms with Crippen LogP contribution in [-0.2, 0) is 6.54 Å². The van der Waals surface area contributed by atoms with Crippen molar-refractivity contribution < 1.29 is 9.47 Å². The van der Waals surface area contributed by atoms with E-state index in [0.29, 0.717) is 23.3 Å². The lowest BCUT2D eigenvalue weighted by atomic mass is 10.1. The van der Waals surface area contributed by atoms with Crippen LogP contribution in [0.5, 0.6) is 11.5 Å². The van der Waals surface area contributed by atoms with Crippen LogP contribution in [0.15, 0.2) is 77.6 Å². The summed E-state index contributed by atoms with van der Waals surface area (Å²) in [5.74, 6) is 2.07. The molecule has 5 rings (SSSR count). The van der Waals surface area contributed by atoms with Gasteiger partial charge in [-0.2, -0.15) is 0 Å². The summed E-state index contributed by atoms with van der Waals surface area (Å²) in [5.41, 5.74) is 2.63. The van der Waals surface area contributed by atoms with E-state index in [2.05, 4.69) is 0 Å². The van der Waals surface area contributed by atoms with Gasteiger partial charge < -0.3 is 9.47 Å². The molecule has 29 heavy (non-hydrogen) atoms. The first-order chi connectivity index (χ1) is 14.3. The third-order valence-corrected chi connectivity index (χ3v) is 4.90. The summed E-state index contributed by atoms with van der Waals surface area (Å²) in [7, 11) is 0. The van der Waals surface area contributed by atoms with Crippen LogP contribution >= 0.6 is 0 Å². The van der Waals surface area contributed by atoms with Gasteiger partial charge in [0.1, 0.15) is 5.82 Å². The van der Waals surface area contributed by atoms with E-state index < -0.39 is 0 Å². The maximum Gasteiger partial charge on any atom is 0.261 e. The van der Waals surface area contributed by atoms with Gasteiger partial charge in [-0.1, -0.05) is 54.6 Å². The molecule has 5 nitrogen and oxygen atoms in total. The SMILES string of the molecule is O=c1c2ccccc2nc(/C=C/c2ccc3c(c2)OCO3)n1Cc1ccccc1. The summed E-state index contributed by atoms with van der Waals surface area (Å²) in [4.78, 5) is 17.9. The van der Waals surface area contributed by atoms with Crippen LogP contribution in [0.4, 0.5) is 0 Å². The van der Waals surface area contributed by atoms with Crippen LogP contribution in [0.3, 0.4) is 0 Å². The Hall–Kier alpha value is -3.86. The van der Waals surface area contributed by atoms with Crippen LogP contribution in [0.1, 0.15) is 17.0 Å². The fourth-order valence-corrected chi connectivity index (χ4v) is 3.42. The minimum atomic E-state index is -0.0511. The van der Waals surface area contributed by atoms with E-state index >= 15 is 0 Å². The summed E-state index contributed by atoms with van der Waals surface area (Å²) in [5, 5.41) is 0.615. The first kappa shape index (κ1) is 17.3. The predicted octanol–water partition coefficient (Wildman–Crippen LogP) is 4.34. The minimum Gasteiger partial charge on any atom is -0.454 e. The third-order valence-electron chi connectivity index (χ3n) is 4.90. The number of benzene rings is 3. The Bertz CT molecular complexity index is 1280. The second-order valence-corrected chi connectivity index (χ2v) is 6.81. The molecule has 1 aliphatic heterocycles. The number of nitrogens with zero attached hydrogens (tertiary/aromatic N) is 2. The highest BCUT2D eigenvalue weighted by molar-refractivity contribution is 5.79. The van der Waals surface area contributed by atoms with E-state index in [9.17, 15) is 4.79 Å². The molecule has 5 heteroatoms. The molecule has 3 aromatic carbocycles. The molecule has 0 fully saturated rings. The number of para-hydroxylation sites is 1. The van der Waals surface area contributed by atoms with Gasteiger partial charge in [0.15, 0.2) is 11.5 Å². The zero-order valence-corrected chi connectivity index (χ0v) is 15.6. The molecule has 0 saturated heterocycles. The van der Waals surface area contributed by atoms with Crippen molar-refractivity contribution in [3.63, 3.8) is 0 Å². The zero-order valence-electron chi connectivity index (χ0n) is 15.6. The highest BCUT2D eigenvalue weighted by atomic mass is 16.7. The first-order valence-electron chi connectivity index (χ1n) is 9.39. The van der Waals surface area contributed by atoms with Crippen LogP contribution in [0.2, 0.25) is 0 Å². The summed E-state index contributed by atoms with van der Waals surface area (Å²) >= 11 is 0. The Morgan fingerprint density at radius 2 is 1.69 bits per heavy atom. The minimum absolute atomic E-state index is 0.0511. The van der Waals surface area contributed by atoms with Gasteiger partial charge in [0.2, 0.25) is 6.79 Å². The van der Waals surface area contributed by atoms with E-state index in [1.54, 1.807) is 4.57 Å². The molecule has 0 radical (unpaired) electrons. The van der Waals surface area contributed by atoms with Gasteiger partial charge in [-0.05, 0) is 41.5 Å². The second-order valence-electron chi connectivity index (χ2n) is 6.81. The molecule has 1 aromatic heterocycles. The largest absolute Gasteiger partial charge is 0.454 e. The van der Waals surface area contributed by atoms with Crippen molar-refractivity contribution >= 4 is 23.1 Å². The third kappa shape index (κ3) is 3.38. The van der Waals surface area contributed by atoms with E-state index in [4.69, 9.17) is 14.5 Å². The normalized spacial score (nSPS) is 12.7. The summed E-state index contributed by atoms with van der Waals surface area (Å²) in [6.07, 6.45) is 3.80. The zero-order chi connectivity index (χ0) is 19.6. The molecular weight excluding hydrogens is 364 g/mol. The summed E-state index contributed by atoms with van der Waals surface area (Å²) < 4.78 is 12.5. The predicted molar refractivity (Wildman–Crippen MR) is 113 cm³/mol. The van der Waals surface area contributed by atoms with E-state index in [1.807, 2.05) is 84.9 Å². The fraction of sp³-hybridized carbons (Fsp3) is 0.0833. The smallest absolute Gasteiger partial charge is 0.261 e. The van der Waals surface area contributed by atoms with Crippen molar-refractivity contribution in [2.75, 3.05) is 6.79 Å². The van der Waals surface area contributed by atoms with E-state index in [1.165, 1.54) is 0 Å². The molecule has 0 aliphatic carbocycles. The first-order valence-corrected chi connectivity index (χ1v) is 9.39. The Balaban J connectivity index is 1.59. The number of hydrogen-bond donors (Lipinski definition) is 0. The number of hydrogen-bond acceptors (Lipinski definition) is 4. The Labute approximate surface area is 167 Å². The van der Waals surface area contributed by atoms with E-state index in [-0.39, 0.29) is 12.4 Å². The molecule has 1 aliphatic rings. The van der Waals surface area contributed by atoms with Crippen molar-refractivity contribution in [2.45, 2.75) is 6.54 Å². The standard InChI is InChI=1S/C24H18N2O3/c27-24-19-8-4-5-9-20(19)25-23(26(24)15-18-6-2-1-3-7-18)13-11-17-10-12-21-22(14-17)29-16-28-21/h1-14H,15-16H2/b13-11+. The Morgan fingerprint density at radius 1 is 0.897 bits per heavy atom. The van der Waals surface area contributed by atoms with Crippen LogP contribution in [0, 0.1) is 0 Å². The molecule has 0 saturated carbocycles. The van der Waals surface area contributed by atoms with Crippen molar-refractivity contribution in [1.82, 2.24) is 9.55 Å². The maximum atomic E-state index is 13.2. The van der Waals surface area contributed by atoms with Crippen LogP contribution in [-0.4, -0.2) is 16.3 Å². The second kappa shape index (κ2) is 7.28. The fourth-order valence-electron chi connectivity index (χ4n) is 3.42. The lowest BCUT2D eigenvalue weighted by Crippen LogP contribution is -2.24. The molecule has 0 spiro atoms. The van der Waals surface area contributed by atoms with Crippen molar-refractivity contribution in [2.24, 2.45) is 0 Å². The average Bonchev–Trinajstić information content (AvgIpc) is 3.23. The monoisotopic (exact) mass is 382 g/mol. The lowest BCUT2D eigenvalue weighted by Gasteiger charge is -2.11. The van der Waals surface area contributed by atoms with Gasteiger partial charge in [-0.15, -0.1) is 0 Å². The highest BCUT2D eigenvalue weighted by Crippen LogP contribution is 2.32. The molecule has 0 atom stereocenters. The summed E-state index contributed by atoms with van der Waals surface area (Å²) in [6.45, 7) is 0.698. The van der Waals surface area contributed by atoms with Crippen molar-refractivity contribution in [3.05, 3.63) is 100 Å². The number of rotatable bonds is 4. The van der Waals surface area contributed by atoms with Gasteiger partial charge in [0.25, 0.3) is 5.56 Å². The maximum absolute atomic E-state index is 13.2. The van der Waals surface area contributed by atoms with Crippen molar-refractivity contribution in [3.8, 4) is 11.5 Å². The van der Waals surface area contributed by atoms with Gasteiger partial charge in [-0.25, -0.2) is 4.98 Å². The molecule has 0 N–H and O–H groups in total. The number of ether oxygens (including phenoxy) is 2. The molecule has 142 valence electrons. The average molecular weight is 382 g/mol. The molecule has 4 aromatic rings. The molecular formula is C24H18N2O3. The molecule has 0 amide bonds. The Kier molecular flexibility index (Phi) is 4.33. The Morgan fingerprint density at radius 3 is 2.59 bits per heavy atom. The van der Waals surface area contributed by atoms with Gasteiger partial charge >= 0.3 is 0 Å². The topological polar surface area (TPSA) is 53.4 Å². The highest BCUT2D eigenvalue weighted by Gasteiger charge is 2.13. The van der Waals surface area contributed by atoms with Gasteiger partial charge in [-0.3, -0.25) is 9.36 Å². The van der Waals surface area contributed by atoms with Gasteiger partial charge in [0, 0.05) is 0 Å². The van der Waals surface area contributed by atoms with Gasteiger partial charge in [0.05, 0.1) is 17.4 Å². The molecule has 0 unspecified atom stereocenters. The van der Waals surface area contributed by atoms with Crippen LogP contribution < -0.4 is 15.0 Å².